The quantitative estimate of drug-likeness (QED) is 0.0920. The number of carbonyl (C=O) groups excluding carboxylic acids is 2. The zero-order chi connectivity index (χ0) is 57.9. The Morgan fingerprint density at radius 2 is 1.05 bits per heavy atom. The van der Waals surface area contributed by atoms with Crippen molar-refractivity contribution in [2.24, 2.45) is 10.8 Å². The molecule has 2 atom stereocenters. The van der Waals surface area contributed by atoms with Crippen LogP contribution in [0.1, 0.15) is 155 Å². The van der Waals surface area contributed by atoms with E-state index in [1.54, 1.807) is 43.9 Å². The zero-order valence-corrected chi connectivity index (χ0v) is 49.3. The summed E-state index contributed by atoms with van der Waals surface area (Å²) in [6.07, 6.45) is 12.9. The molecule has 0 radical (unpaired) electrons. The normalized spacial score (nSPS) is 14.0. The molecule has 8 aromatic rings. The third kappa shape index (κ3) is 13.6. The standard InChI is InChI=1S/C32H34N8O.C31H34BrN7O/c1-20(41)39(5)26-8-6-7-22(14-26)27(29-18-40(38-37-29)25-9-10-25)12-21-11-23(15-33)30-28(13-21)31(24(16-34)17-35-30)36-19-32(2,3)4;1-19(40)38(5)24-8-6-7-21(14-24)25(28-17-39(37-36-28)23-9-10-23)11-20-12-26-29(35-18-31(2,3)4)22(15-33)16-34-30(26)27(32)13-20/h6-8,11,13-14,17-18,25,27H,9-10,12,19H2,1-5H3,(H,35,36);6-8,12-14,16-17,23,25H,9-11,18H2,1-5H3,(H,34,35)/t27-;25-/m00/s1. The Labute approximate surface area is 482 Å². The van der Waals surface area contributed by atoms with Gasteiger partial charge in [0.2, 0.25) is 11.8 Å². The van der Waals surface area contributed by atoms with Gasteiger partial charge in [-0.1, -0.05) is 76.2 Å². The molecule has 2 fully saturated rings. The summed E-state index contributed by atoms with van der Waals surface area (Å²) >= 11 is 3.75. The number of fused-ring (bicyclic) bond motifs is 2. The third-order valence-corrected chi connectivity index (χ3v) is 15.3. The molecule has 4 heterocycles. The highest BCUT2D eigenvalue weighted by Crippen LogP contribution is 2.40. The summed E-state index contributed by atoms with van der Waals surface area (Å²) in [7, 11) is 3.54. The SMILES string of the molecule is CC(=O)N(C)c1cccc([C@H](Cc2cc(Br)c3ncc(C#N)c(NCC(C)(C)C)c3c2)c2cn(C3CC3)nn2)c1.CC(=O)N(C)c1cccc([C@H](Cc2cc(C#N)c3ncc(C#N)c(NCC(C)(C)C)c3c2)c2cn(C3CC3)nn2)c1. The van der Waals surface area contributed by atoms with Crippen LogP contribution in [-0.2, 0) is 22.4 Å². The number of anilines is 4. The van der Waals surface area contributed by atoms with E-state index in [2.05, 4.69) is 147 Å². The number of hydrogen-bond acceptors (Lipinski definition) is 13. The predicted molar refractivity (Wildman–Crippen MR) is 320 cm³/mol. The Balaban J connectivity index is 0.000000196. The smallest absolute Gasteiger partial charge is 0.223 e. The molecule has 0 unspecified atom stereocenters. The maximum Gasteiger partial charge on any atom is 0.223 e. The number of pyridine rings is 2. The molecule has 2 amide bonds. The number of halogens is 1. The van der Waals surface area contributed by atoms with Crippen LogP contribution < -0.4 is 20.4 Å². The number of benzene rings is 4. The fourth-order valence-electron chi connectivity index (χ4n) is 9.71. The third-order valence-electron chi connectivity index (χ3n) is 14.7. The lowest BCUT2D eigenvalue weighted by atomic mass is 9.88. The average molecular weight is 1150 g/mol. The molecule has 0 bridgehead atoms. The summed E-state index contributed by atoms with van der Waals surface area (Å²) in [6, 6.07) is 31.8. The molecule has 0 saturated heterocycles. The van der Waals surface area contributed by atoms with E-state index < -0.39 is 0 Å². The Hall–Kier alpha value is -8.53. The van der Waals surface area contributed by atoms with Gasteiger partial charge in [0.05, 0.1) is 62.6 Å². The van der Waals surface area contributed by atoms with Crippen LogP contribution in [0.4, 0.5) is 22.7 Å². The molecule has 4 aromatic carbocycles. The van der Waals surface area contributed by atoms with Crippen molar-refractivity contribution in [3.05, 3.63) is 152 Å². The second-order valence-corrected chi connectivity index (χ2v) is 24.7. The van der Waals surface area contributed by atoms with Crippen LogP contribution in [0, 0.1) is 44.8 Å². The lowest BCUT2D eigenvalue weighted by Gasteiger charge is -2.22. The van der Waals surface area contributed by atoms with Gasteiger partial charge in [-0.05, 0) is 136 Å². The van der Waals surface area contributed by atoms with E-state index in [4.69, 9.17) is 0 Å². The van der Waals surface area contributed by atoms with Crippen molar-refractivity contribution in [2.75, 3.05) is 47.6 Å². The minimum Gasteiger partial charge on any atom is -0.383 e. The van der Waals surface area contributed by atoms with Crippen LogP contribution >= 0.6 is 15.9 Å². The van der Waals surface area contributed by atoms with Crippen molar-refractivity contribution < 1.29 is 9.59 Å². The van der Waals surface area contributed by atoms with Gasteiger partial charge in [-0.3, -0.25) is 19.6 Å². The number of carbonyl (C=O) groups is 2. The molecule has 414 valence electrons. The van der Waals surface area contributed by atoms with Gasteiger partial charge in [0.25, 0.3) is 0 Å². The fraction of sp³-hybridized carbons (Fsp3) is 0.381. The van der Waals surface area contributed by atoms with Gasteiger partial charge in [0, 0.05) is 104 Å². The first kappa shape index (κ1) is 57.2. The second-order valence-electron chi connectivity index (χ2n) is 23.8. The fourth-order valence-corrected chi connectivity index (χ4v) is 10.3. The van der Waals surface area contributed by atoms with Crippen LogP contribution in [0.5, 0.6) is 0 Å². The van der Waals surface area contributed by atoms with Gasteiger partial charge in [-0.2, -0.15) is 15.8 Å². The summed E-state index contributed by atoms with van der Waals surface area (Å²) in [5.41, 5.74) is 11.7. The minimum atomic E-state index is -0.176. The molecule has 0 aliphatic heterocycles. The number of nitrogens with zero attached hydrogens (tertiary/aromatic N) is 13. The zero-order valence-electron chi connectivity index (χ0n) is 47.7. The van der Waals surface area contributed by atoms with Gasteiger partial charge in [0.1, 0.15) is 18.2 Å². The number of aromatic nitrogens is 8. The second kappa shape index (κ2) is 23.7. The Bertz CT molecular complexity index is 3800. The van der Waals surface area contributed by atoms with Crippen LogP contribution in [0.25, 0.3) is 21.8 Å². The molecule has 2 aliphatic carbocycles. The van der Waals surface area contributed by atoms with E-state index in [9.17, 15) is 25.4 Å². The molecule has 2 N–H and O–H groups in total. The lowest BCUT2D eigenvalue weighted by Crippen LogP contribution is -2.23. The van der Waals surface area contributed by atoms with Gasteiger partial charge in [-0.25, -0.2) is 9.36 Å². The largest absolute Gasteiger partial charge is 0.383 e. The number of hydrogen-bond donors (Lipinski definition) is 2. The highest BCUT2D eigenvalue weighted by molar-refractivity contribution is 9.10. The van der Waals surface area contributed by atoms with Crippen LogP contribution in [0.15, 0.2) is 102 Å². The van der Waals surface area contributed by atoms with Gasteiger partial charge in [0.15, 0.2) is 0 Å². The number of nitriles is 3. The number of nitrogens with one attached hydrogen (secondary N) is 2. The van der Waals surface area contributed by atoms with Gasteiger partial charge in [-0.15, -0.1) is 10.2 Å². The van der Waals surface area contributed by atoms with E-state index >= 15 is 0 Å². The lowest BCUT2D eigenvalue weighted by molar-refractivity contribution is -0.117. The Morgan fingerprint density at radius 3 is 1.46 bits per heavy atom. The van der Waals surface area contributed by atoms with Crippen molar-refractivity contribution in [1.29, 1.82) is 15.8 Å². The van der Waals surface area contributed by atoms with Crippen molar-refractivity contribution in [3.8, 4) is 18.2 Å². The number of amides is 2. The topological polar surface area (TPSA) is 223 Å². The first-order valence-electron chi connectivity index (χ1n) is 27.4. The van der Waals surface area contributed by atoms with E-state index in [-0.39, 0.29) is 34.5 Å². The Kier molecular flexibility index (Phi) is 16.7. The molecule has 17 nitrogen and oxygen atoms in total. The van der Waals surface area contributed by atoms with Crippen molar-refractivity contribution in [1.82, 2.24) is 40.0 Å². The first-order chi connectivity index (χ1) is 38.6. The Morgan fingerprint density at radius 1 is 0.630 bits per heavy atom. The maximum absolute atomic E-state index is 12.1. The predicted octanol–water partition coefficient (Wildman–Crippen LogP) is 12.3. The van der Waals surface area contributed by atoms with Gasteiger partial charge >= 0.3 is 0 Å². The minimum absolute atomic E-state index is 0.0193. The maximum atomic E-state index is 12.1. The summed E-state index contributed by atoms with van der Waals surface area (Å²) in [4.78, 5) is 36.6. The molecule has 0 spiro atoms. The highest BCUT2D eigenvalue weighted by Gasteiger charge is 2.30. The molecular formula is C63H68BrN15O2. The van der Waals surface area contributed by atoms with E-state index in [1.165, 1.54) is 6.20 Å². The van der Waals surface area contributed by atoms with Gasteiger partial charge < -0.3 is 20.4 Å². The molecule has 2 aliphatic rings. The van der Waals surface area contributed by atoms with Crippen LogP contribution in [0.2, 0.25) is 0 Å². The average Bonchev–Trinajstić information content (AvgIpc) is 4.53. The van der Waals surface area contributed by atoms with E-state index in [1.807, 2.05) is 64.1 Å². The molecule has 4 aromatic heterocycles. The van der Waals surface area contributed by atoms with E-state index in [0.717, 1.165) is 97.1 Å². The van der Waals surface area contributed by atoms with Crippen molar-refractivity contribution >= 4 is 72.3 Å². The molecular weight excluding hydrogens is 1080 g/mol. The van der Waals surface area contributed by atoms with Crippen molar-refractivity contribution in [3.63, 3.8) is 0 Å². The van der Waals surface area contributed by atoms with Crippen molar-refractivity contribution in [2.45, 2.75) is 118 Å². The summed E-state index contributed by atoms with van der Waals surface area (Å²) in [5, 5.41) is 56.5. The number of rotatable bonds is 16. The summed E-state index contributed by atoms with van der Waals surface area (Å²) < 4.78 is 4.78. The van der Waals surface area contributed by atoms with Crippen LogP contribution in [-0.4, -0.2) is 79.0 Å². The van der Waals surface area contributed by atoms with Crippen LogP contribution in [0.3, 0.4) is 0 Å². The molecule has 81 heavy (non-hydrogen) atoms. The highest BCUT2D eigenvalue weighted by atomic mass is 79.9. The first-order valence-corrected chi connectivity index (χ1v) is 28.2. The molecule has 2 saturated carbocycles. The summed E-state index contributed by atoms with van der Waals surface area (Å²) in [6.45, 7) is 17.3. The monoisotopic (exact) mass is 1150 g/mol. The molecule has 10 rings (SSSR count). The summed E-state index contributed by atoms with van der Waals surface area (Å²) in [5.74, 6) is -0.342. The molecule has 18 heteroatoms. The van der Waals surface area contributed by atoms with E-state index in [0.29, 0.717) is 65.9 Å².